The maximum atomic E-state index is 10.9. The zero-order valence-electron chi connectivity index (χ0n) is 12.2. The molecule has 0 aliphatic heterocycles. The fourth-order valence-electron chi connectivity index (χ4n) is 1.91. The predicted octanol–water partition coefficient (Wildman–Crippen LogP) is 2.08. The van der Waals surface area contributed by atoms with Gasteiger partial charge >= 0.3 is 5.97 Å². The monoisotopic (exact) mass is 297 g/mol. The zero-order valence-corrected chi connectivity index (χ0v) is 13.0. The third kappa shape index (κ3) is 4.81. The first kappa shape index (κ1) is 17.0. The molecule has 0 aliphatic rings. The summed E-state index contributed by atoms with van der Waals surface area (Å²) in [5, 5.41) is 21.7. The van der Waals surface area contributed by atoms with Crippen LogP contribution in [0.2, 0.25) is 0 Å². The molecule has 3 atom stereocenters. The molecule has 112 valence electrons. The molecule has 3 unspecified atom stereocenters. The van der Waals surface area contributed by atoms with Crippen LogP contribution in [-0.2, 0) is 11.3 Å². The van der Waals surface area contributed by atoms with E-state index in [0.717, 1.165) is 11.1 Å². The van der Waals surface area contributed by atoms with Crippen LogP contribution >= 0.6 is 11.8 Å². The lowest BCUT2D eigenvalue weighted by atomic mass is 10.00. The summed E-state index contributed by atoms with van der Waals surface area (Å²) in [7, 11) is 0. The number of aliphatic hydroxyl groups excluding tert-OH is 1. The fraction of sp³-hybridized carbons (Fsp3) is 0.533. The van der Waals surface area contributed by atoms with Crippen molar-refractivity contribution in [2.75, 3.05) is 12.9 Å². The lowest BCUT2D eigenvalue weighted by Gasteiger charge is -2.21. The molecule has 20 heavy (non-hydrogen) atoms. The van der Waals surface area contributed by atoms with E-state index in [9.17, 15) is 9.90 Å². The third-order valence-corrected chi connectivity index (χ3v) is 4.68. The second-order valence-electron chi connectivity index (χ2n) is 4.93. The first-order valence-electron chi connectivity index (χ1n) is 6.68. The van der Waals surface area contributed by atoms with Crippen molar-refractivity contribution in [2.45, 2.75) is 37.6 Å². The SMILES string of the molecule is CSC(CO)C(C)NCc1ccc(C(C)C(=O)O)cc1. The average molecular weight is 297 g/mol. The van der Waals surface area contributed by atoms with Gasteiger partial charge in [0.05, 0.1) is 12.5 Å². The van der Waals surface area contributed by atoms with Gasteiger partial charge in [0, 0.05) is 17.8 Å². The Kier molecular flexibility index (Phi) is 7.05. The molecule has 0 fully saturated rings. The van der Waals surface area contributed by atoms with Crippen LogP contribution in [0.15, 0.2) is 24.3 Å². The van der Waals surface area contributed by atoms with Gasteiger partial charge in [0.25, 0.3) is 0 Å². The Morgan fingerprint density at radius 2 is 1.90 bits per heavy atom. The molecule has 0 aromatic heterocycles. The minimum Gasteiger partial charge on any atom is -0.481 e. The van der Waals surface area contributed by atoms with Crippen LogP contribution in [0.4, 0.5) is 0 Å². The fourth-order valence-corrected chi connectivity index (χ4v) is 2.57. The van der Waals surface area contributed by atoms with Crippen LogP contribution in [0.1, 0.15) is 30.9 Å². The number of hydrogen-bond donors (Lipinski definition) is 3. The van der Waals surface area contributed by atoms with Gasteiger partial charge in [-0.25, -0.2) is 0 Å². The largest absolute Gasteiger partial charge is 0.481 e. The number of hydrogen-bond acceptors (Lipinski definition) is 4. The van der Waals surface area contributed by atoms with Gasteiger partial charge in [0.2, 0.25) is 0 Å². The number of thioether (sulfide) groups is 1. The minimum absolute atomic E-state index is 0.157. The molecule has 1 aromatic carbocycles. The molecule has 1 aromatic rings. The number of benzene rings is 1. The molecule has 3 N–H and O–H groups in total. The summed E-state index contributed by atoms with van der Waals surface area (Å²) in [5.74, 6) is -1.29. The highest BCUT2D eigenvalue weighted by molar-refractivity contribution is 7.99. The molecule has 0 aliphatic carbocycles. The van der Waals surface area contributed by atoms with Crippen LogP contribution < -0.4 is 5.32 Å². The molecule has 1 rings (SSSR count). The maximum absolute atomic E-state index is 10.9. The van der Waals surface area contributed by atoms with Crippen molar-refractivity contribution in [3.8, 4) is 0 Å². The van der Waals surface area contributed by atoms with E-state index < -0.39 is 11.9 Å². The standard InChI is InChI=1S/C15H23NO3S/c1-10(15(18)19)13-6-4-12(5-7-13)8-16-11(2)14(9-17)20-3/h4-7,10-11,14,16-17H,8-9H2,1-3H3,(H,18,19). The summed E-state index contributed by atoms with van der Waals surface area (Å²) >= 11 is 1.64. The van der Waals surface area contributed by atoms with Crippen molar-refractivity contribution in [1.82, 2.24) is 5.32 Å². The average Bonchev–Trinajstić information content (AvgIpc) is 2.46. The highest BCUT2D eigenvalue weighted by Crippen LogP contribution is 2.16. The van der Waals surface area contributed by atoms with E-state index in [0.29, 0.717) is 6.54 Å². The molecule has 0 saturated heterocycles. The number of carboxylic acids is 1. The minimum atomic E-state index is -0.810. The zero-order chi connectivity index (χ0) is 15.1. The van der Waals surface area contributed by atoms with Gasteiger partial charge in [-0.3, -0.25) is 4.79 Å². The van der Waals surface area contributed by atoms with E-state index in [2.05, 4.69) is 12.2 Å². The molecule has 0 spiro atoms. The molecule has 0 radical (unpaired) electrons. The van der Waals surface area contributed by atoms with Gasteiger partial charge in [0.15, 0.2) is 0 Å². The lowest BCUT2D eigenvalue weighted by molar-refractivity contribution is -0.138. The van der Waals surface area contributed by atoms with Gasteiger partial charge in [-0.1, -0.05) is 24.3 Å². The summed E-state index contributed by atoms with van der Waals surface area (Å²) in [6.45, 7) is 4.60. The smallest absolute Gasteiger partial charge is 0.310 e. The molecule has 0 heterocycles. The van der Waals surface area contributed by atoms with Gasteiger partial charge in [-0.05, 0) is 31.2 Å². The number of aliphatic carboxylic acids is 1. The van der Waals surface area contributed by atoms with Crippen LogP contribution in [0, 0.1) is 0 Å². The van der Waals surface area contributed by atoms with E-state index >= 15 is 0 Å². The second kappa shape index (κ2) is 8.29. The Morgan fingerprint density at radius 3 is 2.35 bits per heavy atom. The molecule has 4 nitrogen and oxygen atoms in total. The topological polar surface area (TPSA) is 69.6 Å². The summed E-state index contributed by atoms with van der Waals surface area (Å²) in [4.78, 5) is 10.9. The highest BCUT2D eigenvalue weighted by atomic mass is 32.2. The molecule has 0 amide bonds. The van der Waals surface area contributed by atoms with E-state index in [1.54, 1.807) is 18.7 Å². The van der Waals surface area contributed by atoms with E-state index in [-0.39, 0.29) is 17.9 Å². The predicted molar refractivity (Wildman–Crippen MR) is 83.2 cm³/mol. The van der Waals surface area contributed by atoms with E-state index in [1.165, 1.54) is 0 Å². The molecule has 5 heteroatoms. The van der Waals surface area contributed by atoms with Crippen LogP contribution in [0.25, 0.3) is 0 Å². The van der Waals surface area contributed by atoms with Gasteiger partial charge in [-0.15, -0.1) is 0 Å². The third-order valence-electron chi connectivity index (χ3n) is 3.52. The van der Waals surface area contributed by atoms with Crippen molar-refractivity contribution >= 4 is 17.7 Å². The van der Waals surface area contributed by atoms with Crippen LogP contribution in [-0.4, -0.2) is 40.3 Å². The normalized spacial score (nSPS) is 15.6. The number of carboxylic acid groups (broad SMARTS) is 1. The van der Waals surface area contributed by atoms with Crippen molar-refractivity contribution in [3.63, 3.8) is 0 Å². The van der Waals surface area contributed by atoms with Crippen molar-refractivity contribution in [2.24, 2.45) is 0 Å². The Balaban J connectivity index is 2.56. The molecular weight excluding hydrogens is 274 g/mol. The Morgan fingerprint density at radius 1 is 1.30 bits per heavy atom. The summed E-state index contributed by atoms with van der Waals surface area (Å²) < 4.78 is 0. The van der Waals surface area contributed by atoms with Crippen molar-refractivity contribution in [3.05, 3.63) is 35.4 Å². The lowest BCUT2D eigenvalue weighted by Crippen LogP contribution is -2.37. The quantitative estimate of drug-likeness (QED) is 0.685. The number of aliphatic hydroxyl groups is 1. The summed E-state index contributed by atoms with van der Waals surface area (Å²) in [6.07, 6.45) is 1.99. The van der Waals surface area contributed by atoms with E-state index in [4.69, 9.17) is 5.11 Å². The molecular formula is C15H23NO3S. The number of nitrogens with one attached hydrogen (secondary N) is 1. The highest BCUT2D eigenvalue weighted by Gasteiger charge is 2.15. The Bertz CT molecular complexity index is 418. The first-order valence-corrected chi connectivity index (χ1v) is 7.97. The Hall–Kier alpha value is -1.04. The Labute approximate surface area is 124 Å². The van der Waals surface area contributed by atoms with Crippen molar-refractivity contribution < 1.29 is 15.0 Å². The molecule has 0 bridgehead atoms. The summed E-state index contributed by atoms with van der Waals surface area (Å²) in [6, 6.07) is 7.83. The van der Waals surface area contributed by atoms with Crippen LogP contribution in [0.3, 0.4) is 0 Å². The first-order chi connectivity index (χ1) is 9.49. The van der Waals surface area contributed by atoms with Crippen LogP contribution in [0.5, 0.6) is 0 Å². The van der Waals surface area contributed by atoms with E-state index in [1.807, 2.05) is 30.5 Å². The number of carbonyl (C=O) groups is 1. The maximum Gasteiger partial charge on any atom is 0.310 e. The van der Waals surface area contributed by atoms with Crippen molar-refractivity contribution in [1.29, 1.82) is 0 Å². The second-order valence-corrected chi connectivity index (χ2v) is 6.00. The van der Waals surface area contributed by atoms with Gasteiger partial charge < -0.3 is 15.5 Å². The summed E-state index contributed by atoms with van der Waals surface area (Å²) in [5.41, 5.74) is 1.92. The van der Waals surface area contributed by atoms with Gasteiger partial charge in [0.1, 0.15) is 0 Å². The molecule has 0 saturated carbocycles. The number of rotatable bonds is 8. The van der Waals surface area contributed by atoms with Gasteiger partial charge in [-0.2, -0.15) is 11.8 Å².